The summed E-state index contributed by atoms with van der Waals surface area (Å²) in [5, 5.41) is 10.1. The van der Waals surface area contributed by atoms with Crippen LogP contribution in [0.4, 0.5) is 0 Å². The lowest BCUT2D eigenvalue weighted by Gasteiger charge is -2.05. The first-order valence-electron chi connectivity index (χ1n) is 7.30. The quantitative estimate of drug-likeness (QED) is 0.740. The third kappa shape index (κ3) is 2.70. The van der Waals surface area contributed by atoms with Crippen LogP contribution in [0.2, 0.25) is 0 Å². The third-order valence-electron chi connectivity index (χ3n) is 3.85. The van der Waals surface area contributed by atoms with E-state index >= 15 is 0 Å². The second-order valence-electron chi connectivity index (χ2n) is 5.29. The molecule has 0 aliphatic carbocycles. The Kier molecular flexibility index (Phi) is 4.19. The molecule has 2 heterocycles. The fraction of sp³-hybridized carbons (Fsp3) is 0.167. The van der Waals surface area contributed by atoms with E-state index in [0.29, 0.717) is 16.0 Å². The van der Waals surface area contributed by atoms with Crippen molar-refractivity contribution in [2.75, 3.05) is 7.11 Å². The van der Waals surface area contributed by atoms with Crippen LogP contribution < -0.4 is 10.3 Å². The van der Waals surface area contributed by atoms with Crippen LogP contribution >= 0.6 is 11.3 Å². The summed E-state index contributed by atoms with van der Waals surface area (Å²) in [4.78, 5) is 21.3. The molecule has 3 aromatic rings. The molecule has 5 nitrogen and oxygen atoms in total. The lowest BCUT2D eigenvalue weighted by Crippen LogP contribution is -2.10. The first-order valence-corrected chi connectivity index (χ1v) is 8.12. The summed E-state index contributed by atoms with van der Waals surface area (Å²) in [6.07, 6.45) is 1.66. The smallest absolute Gasteiger partial charge is 0.260 e. The van der Waals surface area contributed by atoms with Crippen molar-refractivity contribution >= 4 is 33.2 Å². The third-order valence-corrected chi connectivity index (χ3v) is 4.95. The molecule has 0 atom stereocenters. The molecule has 1 aromatic carbocycles. The number of aromatic nitrogens is 2. The zero-order valence-electron chi connectivity index (χ0n) is 13.5. The molecule has 1 N–H and O–H groups in total. The molecule has 0 bridgehead atoms. The second-order valence-corrected chi connectivity index (χ2v) is 6.49. The summed E-state index contributed by atoms with van der Waals surface area (Å²) in [5.41, 5.74) is 1.74. The summed E-state index contributed by atoms with van der Waals surface area (Å²) in [6.45, 7) is 3.86. The van der Waals surface area contributed by atoms with Gasteiger partial charge in [-0.1, -0.05) is 18.2 Å². The number of para-hydroxylation sites is 1. The van der Waals surface area contributed by atoms with Crippen LogP contribution in [0.15, 0.2) is 29.1 Å². The van der Waals surface area contributed by atoms with Gasteiger partial charge < -0.3 is 9.72 Å². The van der Waals surface area contributed by atoms with Crippen LogP contribution in [-0.2, 0) is 0 Å². The molecule has 120 valence electrons. The number of nitrogens with zero attached hydrogens (tertiary/aromatic N) is 2. The van der Waals surface area contributed by atoms with Gasteiger partial charge in [-0.3, -0.25) is 4.79 Å². The average molecular weight is 337 g/mol. The number of rotatable bonds is 3. The van der Waals surface area contributed by atoms with Crippen molar-refractivity contribution in [1.29, 1.82) is 5.26 Å². The molecular weight excluding hydrogens is 322 g/mol. The summed E-state index contributed by atoms with van der Waals surface area (Å²) in [7, 11) is 1.57. The number of thiophene rings is 1. The van der Waals surface area contributed by atoms with E-state index in [4.69, 9.17) is 4.74 Å². The van der Waals surface area contributed by atoms with Crippen molar-refractivity contribution < 1.29 is 4.74 Å². The van der Waals surface area contributed by atoms with Gasteiger partial charge in [-0.25, -0.2) is 4.98 Å². The maximum Gasteiger partial charge on any atom is 0.260 e. The Morgan fingerprint density at radius 1 is 1.38 bits per heavy atom. The summed E-state index contributed by atoms with van der Waals surface area (Å²) in [5.74, 6) is 0.915. The number of hydrogen-bond acceptors (Lipinski definition) is 5. The number of H-pyrrole nitrogens is 1. The number of benzene rings is 1. The number of fused-ring (bicyclic) bond motifs is 1. The average Bonchev–Trinajstić information content (AvgIpc) is 2.87. The van der Waals surface area contributed by atoms with E-state index in [-0.39, 0.29) is 17.0 Å². The number of ether oxygens (including phenoxy) is 1. The second kappa shape index (κ2) is 6.30. The number of nitriles is 1. The summed E-state index contributed by atoms with van der Waals surface area (Å²) < 4.78 is 5.30. The Morgan fingerprint density at radius 2 is 2.12 bits per heavy atom. The van der Waals surface area contributed by atoms with Crippen molar-refractivity contribution in [2.45, 2.75) is 13.8 Å². The molecule has 0 fully saturated rings. The van der Waals surface area contributed by atoms with Crippen LogP contribution in [-0.4, -0.2) is 17.1 Å². The SMILES string of the molecule is COc1ccccc1/C=C(\C#N)c1nc2sc(C)c(C)c2c(=O)[nH]1. The predicted octanol–water partition coefficient (Wildman–Crippen LogP) is 3.67. The monoisotopic (exact) mass is 337 g/mol. The highest BCUT2D eigenvalue weighted by molar-refractivity contribution is 7.18. The first kappa shape index (κ1) is 16.0. The number of nitrogens with one attached hydrogen (secondary N) is 1. The van der Waals surface area contributed by atoms with Crippen molar-refractivity contribution in [3.05, 3.63) is 56.4 Å². The van der Waals surface area contributed by atoms with E-state index in [9.17, 15) is 10.1 Å². The maximum atomic E-state index is 12.4. The first-order chi connectivity index (χ1) is 11.5. The van der Waals surface area contributed by atoms with E-state index in [1.165, 1.54) is 11.3 Å². The lowest BCUT2D eigenvalue weighted by molar-refractivity contribution is 0.414. The Morgan fingerprint density at radius 3 is 2.83 bits per heavy atom. The van der Waals surface area contributed by atoms with Gasteiger partial charge in [0.05, 0.1) is 18.1 Å². The topological polar surface area (TPSA) is 78.8 Å². The van der Waals surface area contributed by atoms with E-state index in [1.54, 1.807) is 13.2 Å². The van der Waals surface area contributed by atoms with Gasteiger partial charge in [0.2, 0.25) is 0 Å². The molecule has 24 heavy (non-hydrogen) atoms. The number of aromatic amines is 1. The van der Waals surface area contributed by atoms with Gasteiger partial charge in [-0.05, 0) is 31.6 Å². The molecule has 0 spiro atoms. The van der Waals surface area contributed by atoms with Crippen LogP contribution in [0.5, 0.6) is 5.75 Å². The van der Waals surface area contributed by atoms with Gasteiger partial charge in [0.15, 0.2) is 5.82 Å². The Balaban J connectivity index is 2.19. The van der Waals surface area contributed by atoms with Gasteiger partial charge in [0.25, 0.3) is 5.56 Å². The van der Waals surface area contributed by atoms with Crippen molar-refractivity contribution in [3.63, 3.8) is 0 Å². The molecule has 0 saturated carbocycles. The minimum absolute atomic E-state index is 0.224. The number of allylic oxidation sites excluding steroid dienone is 1. The Bertz CT molecular complexity index is 1050. The van der Waals surface area contributed by atoms with E-state index < -0.39 is 0 Å². The standard InChI is InChI=1S/C18H15N3O2S/c1-10-11(2)24-18-15(10)17(22)20-16(21-18)13(9-19)8-12-6-4-5-7-14(12)23-3/h4-8H,1-3H3,(H,20,21,22)/b13-8+. The summed E-state index contributed by atoms with van der Waals surface area (Å²) in [6, 6.07) is 9.47. The van der Waals surface area contributed by atoms with Gasteiger partial charge in [-0.2, -0.15) is 5.26 Å². The predicted molar refractivity (Wildman–Crippen MR) is 96.2 cm³/mol. The van der Waals surface area contributed by atoms with Gasteiger partial charge in [0.1, 0.15) is 16.6 Å². The Hall–Kier alpha value is -2.91. The van der Waals surface area contributed by atoms with Gasteiger partial charge in [-0.15, -0.1) is 11.3 Å². The highest BCUT2D eigenvalue weighted by Gasteiger charge is 2.14. The Labute approximate surface area is 142 Å². The zero-order valence-corrected chi connectivity index (χ0v) is 14.3. The van der Waals surface area contributed by atoms with Crippen LogP contribution in [0.25, 0.3) is 21.9 Å². The van der Waals surface area contributed by atoms with Crippen LogP contribution in [0.3, 0.4) is 0 Å². The van der Waals surface area contributed by atoms with E-state index in [1.807, 2.05) is 38.1 Å². The molecule has 0 amide bonds. The maximum absolute atomic E-state index is 12.4. The van der Waals surface area contributed by atoms with Gasteiger partial charge >= 0.3 is 0 Å². The minimum atomic E-state index is -0.224. The summed E-state index contributed by atoms with van der Waals surface area (Å²) >= 11 is 1.46. The highest BCUT2D eigenvalue weighted by atomic mass is 32.1. The molecule has 6 heteroatoms. The van der Waals surface area contributed by atoms with Gasteiger partial charge in [0, 0.05) is 10.4 Å². The van der Waals surface area contributed by atoms with Crippen molar-refractivity contribution in [1.82, 2.24) is 9.97 Å². The highest BCUT2D eigenvalue weighted by Crippen LogP contribution is 2.27. The molecular formula is C18H15N3O2S. The van der Waals surface area contributed by atoms with Crippen molar-refractivity contribution in [3.8, 4) is 11.8 Å². The molecule has 0 radical (unpaired) electrons. The fourth-order valence-corrected chi connectivity index (χ4v) is 3.51. The fourth-order valence-electron chi connectivity index (χ4n) is 2.48. The molecule has 0 aliphatic heterocycles. The molecule has 3 rings (SSSR count). The van der Waals surface area contributed by atoms with Crippen LogP contribution in [0, 0.1) is 25.2 Å². The van der Waals surface area contributed by atoms with Crippen LogP contribution in [0.1, 0.15) is 21.8 Å². The number of hydrogen-bond donors (Lipinski definition) is 1. The minimum Gasteiger partial charge on any atom is -0.496 e. The number of aryl methyl sites for hydroxylation is 2. The molecule has 0 aliphatic rings. The molecule has 0 saturated heterocycles. The molecule has 0 unspecified atom stereocenters. The lowest BCUT2D eigenvalue weighted by atomic mass is 10.1. The van der Waals surface area contributed by atoms with E-state index in [2.05, 4.69) is 16.0 Å². The zero-order chi connectivity index (χ0) is 17.3. The van der Waals surface area contributed by atoms with E-state index in [0.717, 1.165) is 16.0 Å². The molecule has 2 aromatic heterocycles. The van der Waals surface area contributed by atoms with Crippen molar-refractivity contribution in [2.24, 2.45) is 0 Å². The largest absolute Gasteiger partial charge is 0.496 e. The number of methoxy groups -OCH3 is 1. The normalized spacial score (nSPS) is 11.5.